The van der Waals surface area contributed by atoms with Crippen molar-refractivity contribution in [3.63, 3.8) is 0 Å². The molecule has 0 radical (unpaired) electrons. The summed E-state index contributed by atoms with van der Waals surface area (Å²) < 4.78 is 5.41. The highest BCUT2D eigenvalue weighted by Crippen LogP contribution is 2.41. The zero-order valence-corrected chi connectivity index (χ0v) is 16.7. The van der Waals surface area contributed by atoms with Crippen LogP contribution in [0.5, 0.6) is 0 Å². The molecule has 0 aromatic carbocycles. The number of rotatable bonds is 13. The van der Waals surface area contributed by atoms with E-state index in [1.165, 1.54) is 6.92 Å². The molecule has 0 aliphatic heterocycles. The van der Waals surface area contributed by atoms with E-state index in [0.29, 0.717) is 19.3 Å². The number of carbonyl (C=O) groups is 3. The summed E-state index contributed by atoms with van der Waals surface area (Å²) in [6.45, 7) is 3.55. The van der Waals surface area contributed by atoms with Crippen LogP contribution in [0.3, 0.4) is 0 Å². The van der Waals surface area contributed by atoms with Gasteiger partial charge in [0.25, 0.3) is 0 Å². The number of hydrogen-bond acceptors (Lipinski definition) is 4. The third kappa shape index (κ3) is 9.03. The van der Waals surface area contributed by atoms with Crippen LogP contribution in [-0.2, 0) is 19.1 Å². The lowest BCUT2D eigenvalue weighted by Crippen LogP contribution is -2.24. The first-order chi connectivity index (χ1) is 12.9. The van der Waals surface area contributed by atoms with Crippen molar-refractivity contribution in [3.05, 3.63) is 24.3 Å². The quantitative estimate of drug-likeness (QED) is 0.277. The van der Waals surface area contributed by atoms with E-state index in [1.807, 2.05) is 24.3 Å². The molecule has 0 bridgehead atoms. The van der Waals surface area contributed by atoms with Crippen LogP contribution in [0.25, 0.3) is 0 Å². The molecule has 0 heterocycles. The molecule has 0 spiro atoms. The summed E-state index contributed by atoms with van der Waals surface area (Å²) in [6.07, 6.45) is 15.8. The average Bonchev–Trinajstić information content (AvgIpc) is 2.96. The van der Waals surface area contributed by atoms with Crippen LogP contribution in [0, 0.1) is 5.41 Å². The summed E-state index contributed by atoms with van der Waals surface area (Å²) in [5.74, 6) is -0.841. The van der Waals surface area contributed by atoms with E-state index in [4.69, 9.17) is 9.84 Å². The minimum absolute atomic E-state index is 0.127. The van der Waals surface area contributed by atoms with Gasteiger partial charge in [-0.15, -0.1) is 0 Å². The van der Waals surface area contributed by atoms with Crippen molar-refractivity contribution in [1.29, 1.82) is 0 Å². The van der Waals surface area contributed by atoms with Crippen molar-refractivity contribution >= 4 is 17.7 Å². The summed E-state index contributed by atoms with van der Waals surface area (Å²) in [5.41, 5.74) is -0.472. The Hall–Kier alpha value is -1.91. The van der Waals surface area contributed by atoms with Crippen molar-refractivity contribution in [2.75, 3.05) is 0 Å². The first kappa shape index (κ1) is 23.1. The normalized spacial score (nSPS) is 21.2. The predicted molar refractivity (Wildman–Crippen MR) is 105 cm³/mol. The average molecular weight is 379 g/mol. The van der Waals surface area contributed by atoms with Gasteiger partial charge in [-0.05, 0) is 51.0 Å². The molecule has 0 aromatic heterocycles. The van der Waals surface area contributed by atoms with Gasteiger partial charge >= 0.3 is 11.9 Å². The highest BCUT2D eigenvalue weighted by atomic mass is 16.5. The molecule has 27 heavy (non-hydrogen) atoms. The lowest BCUT2D eigenvalue weighted by atomic mass is 9.79. The van der Waals surface area contributed by atoms with E-state index in [9.17, 15) is 14.4 Å². The molecule has 2 unspecified atom stereocenters. The second-order valence-corrected chi connectivity index (χ2v) is 7.38. The van der Waals surface area contributed by atoms with Crippen molar-refractivity contribution in [2.45, 2.75) is 90.6 Å². The second-order valence-electron chi connectivity index (χ2n) is 7.38. The summed E-state index contributed by atoms with van der Waals surface area (Å²) in [7, 11) is 0. The minimum Gasteiger partial charge on any atom is -0.481 e. The van der Waals surface area contributed by atoms with Crippen LogP contribution in [-0.4, -0.2) is 28.9 Å². The van der Waals surface area contributed by atoms with Crippen LogP contribution >= 0.6 is 0 Å². The zero-order valence-electron chi connectivity index (χ0n) is 16.7. The number of ether oxygens (including phenoxy) is 1. The maximum absolute atomic E-state index is 12.5. The number of allylic oxidation sites excluding steroid dienone is 3. The van der Waals surface area contributed by atoms with Gasteiger partial charge in [-0.3, -0.25) is 14.4 Å². The smallest absolute Gasteiger partial charge is 0.303 e. The molecule has 5 heteroatoms. The van der Waals surface area contributed by atoms with Gasteiger partial charge in [0.1, 0.15) is 11.9 Å². The third-order valence-corrected chi connectivity index (χ3v) is 5.07. The van der Waals surface area contributed by atoms with Crippen LogP contribution in [0.4, 0.5) is 0 Å². The molecule has 0 amide bonds. The molecule has 2 atom stereocenters. The molecule has 152 valence electrons. The predicted octanol–water partition coefficient (Wildman–Crippen LogP) is 5.00. The standard InChI is InChI=1S/C22H34O5/c1-3-4-7-11-19(27-18(2)23)14-17-22(16-10-12-20(22)24)15-9-6-5-8-13-21(25)26/h5-6,14,17,19H,3-4,7-13,15-16H2,1-2H3,(H,25,26). The van der Waals surface area contributed by atoms with Gasteiger partial charge in [0.05, 0.1) is 0 Å². The van der Waals surface area contributed by atoms with E-state index in [2.05, 4.69) is 6.92 Å². The Morgan fingerprint density at radius 3 is 2.59 bits per heavy atom. The number of esters is 1. The Morgan fingerprint density at radius 1 is 1.26 bits per heavy atom. The fourth-order valence-electron chi connectivity index (χ4n) is 3.55. The SMILES string of the molecule is CCCCCC(C=CC1(CCC=CCCC(=O)O)CCCC1=O)OC(C)=O. The first-order valence-corrected chi connectivity index (χ1v) is 10.2. The van der Waals surface area contributed by atoms with E-state index in [-0.39, 0.29) is 24.3 Å². The zero-order chi connectivity index (χ0) is 20.1. The Bertz CT molecular complexity index is 549. The van der Waals surface area contributed by atoms with Crippen LogP contribution < -0.4 is 0 Å². The number of carboxylic acid groups (broad SMARTS) is 1. The number of carbonyl (C=O) groups excluding carboxylic acids is 2. The molecule has 5 nitrogen and oxygen atoms in total. The summed E-state index contributed by atoms with van der Waals surface area (Å²) >= 11 is 0. The number of ketones is 1. The molecule has 1 aliphatic carbocycles. The van der Waals surface area contributed by atoms with Crippen molar-refractivity contribution in [2.24, 2.45) is 5.41 Å². The number of carboxylic acids is 1. The van der Waals surface area contributed by atoms with Crippen LogP contribution in [0.15, 0.2) is 24.3 Å². The highest BCUT2D eigenvalue weighted by Gasteiger charge is 2.38. The van der Waals surface area contributed by atoms with Crippen molar-refractivity contribution < 1.29 is 24.2 Å². The van der Waals surface area contributed by atoms with Crippen LogP contribution in [0.1, 0.15) is 84.5 Å². The fourth-order valence-corrected chi connectivity index (χ4v) is 3.55. The lowest BCUT2D eigenvalue weighted by Gasteiger charge is -2.24. The summed E-state index contributed by atoms with van der Waals surface area (Å²) in [5, 5.41) is 8.66. The molecule has 1 fully saturated rings. The van der Waals surface area contributed by atoms with Gasteiger partial charge in [0, 0.05) is 25.2 Å². The van der Waals surface area contributed by atoms with Gasteiger partial charge in [0.15, 0.2) is 0 Å². The van der Waals surface area contributed by atoms with Gasteiger partial charge in [-0.1, -0.05) is 38.0 Å². The molecule has 1 saturated carbocycles. The largest absolute Gasteiger partial charge is 0.481 e. The van der Waals surface area contributed by atoms with E-state index in [1.54, 1.807) is 0 Å². The highest BCUT2D eigenvalue weighted by molar-refractivity contribution is 5.88. The van der Waals surface area contributed by atoms with E-state index >= 15 is 0 Å². The Labute approximate surface area is 162 Å². The Kier molecular flexibility index (Phi) is 10.7. The van der Waals surface area contributed by atoms with Gasteiger partial charge < -0.3 is 9.84 Å². The fraction of sp³-hybridized carbons (Fsp3) is 0.682. The molecule has 1 rings (SSSR count). The summed E-state index contributed by atoms with van der Waals surface area (Å²) in [4.78, 5) is 34.4. The molecule has 1 N–H and O–H groups in total. The van der Waals surface area contributed by atoms with E-state index in [0.717, 1.165) is 44.9 Å². The molecule has 0 aromatic rings. The molecular weight excluding hydrogens is 344 g/mol. The molecule has 0 saturated heterocycles. The maximum atomic E-state index is 12.5. The Balaban J connectivity index is 2.70. The number of aliphatic carboxylic acids is 1. The molecule has 1 aliphatic rings. The first-order valence-electron chi connectivity index (χ1n) is 10.2. The molecular formula is C22H34O5. The summed E-state index contributed by atoms with van der Waals surface area (Å²) in [6, 6.07) is 0. The topological polar surface area (TPSA) is 80.7 Å². The van der Waals surface area contributed by atoms with Crippen molar-refractivity contribution in [1.82, 2.24) is 0 Å². The van der Waals surface area contributed by atoms with Crippen LogP contribution in [0.2, 0.25) is 0 Å². The number of unbranched alkanes of at least 4 members (excludes halogenated alkanes) is 2. The second kappa shape index (κ2) is 12.5. The lowest BCUT2D eigenvalue weighted by molar-refractivity contribution is -0.144. The number of hydrogen-bond donors (Lipinski definition) is 1. The minimum atomic E-state index is -0.801. The maximum Gasteiger partial charge on any atom is 0.303 e. The van der Waals surface area contributed by atoms with Gasteiger partial charge in [-0.2, -0.15) is 0 Å². The van der Waals surface area contributed by atoms with E-state index < -0.39 is 11.4 Å². The van der Waals surface area contributed by atoms with Gasteiger partial charge in [0.2, 0.25) is 0 Å². The van der Waals surface area contributed by atoms with Gasteiger partial charge in [-0.25, -0.2) is 0 Å². The monoisotopic (exact) mass is 378 g/mol. The third-order valence-electron chi connectivity index (χ3n) is 5.07. The van der Waals surface area contributed by atoms with Crippen molar-refractivity contribution in [3.8, 4) is 0 Å². The Morgan fingerprint density at radius 2 is 2.00 bits per heavy atom. The number of Topliss-reactive ketones (excluding diaryl/α,β-unsaturated/α-hetero) is 1.